The molecule has 0 radical (unpaired) electrons. The monoisotopic (exact) mass is 471 g/mol. The molecule has 0 unspecified atom stereocenters. The van der Waals surface area contributed by atoms with Gasteiger partial charge in [0.1, 0.15) is 0 Å². The van der Waals surface area contributed by atoms with E-state index < -0.39 is 17.4 Å². The van der Waals surface area contributed by atoms with Crippen LogP contribution in [0.5, 0.6) is 0 Å². The minimum atomic E-state index is -1.37. The number of aliphatic hydroxyl groups excluding tert-OH is 1. The maximum absolute atomic E-state index is 13.6. The summed E-state index contributed by atoms with van der Waals surface area (Å²) in [7, 11) is 5.31. The Bertz CT molecular complexity index is 1010. The van der Waals surface area contributed by atoms with E-state index in [9.17, 15) is 19.5 Å². The minimum Gasteiger partial charge on any atom is -0.387 e. The number of benzene rings is 2. The molecule has 1 aliphatic heterocycles. The fourth-order valence-corrected chi connectivity index (χ4v) is 4.47. The number of carbonyl (C=O) groups is 3. The molecule has 2 aromatic carbocycles. The maximum Gasteiger partial charge on any atom is 0.240 e. The van der Waals surface area contributed by atoms with E-state index >= 15 is 0 Å². The second-order valence-electron chi connectivity index (χ2n) is 8.77. The number of hydrogen-bond donors (Lipinski definition) is 1. The number of aliphatic hydroxyl groups is 1. The number of hydrogen-bond acceptors (Lipinski definition) is 5. The van der Waals surface area contributed by atoms with E-state index in [1.807, 2.05) is 37.2 Å². The molecule has 176 valence electrons. The van der Waals surface area contributed by atoms with Gasteiger partial charge in [-0.15, -0.1) is 0 Å². The van der Waals surface area contributed by atoms with Gasteiger partial charge in [-0.2, -0.15) is 0 Å². The van der Waals surface area contributed by atoms with Crippen molar-refractivity contribution in [3.05, 3.63) is 70.7 Å². The van der Waals surface area contributed by atoms with Gasteiger partial charge >= 0.3 is 0 Å². The largest absolute Gasteiger partial charge is 0.387 e. The van der Waals surface area contributed by atoms with Crippen molar-refractivity contribution in [3.8, 4) is 0 Å². The molecule has 1 fully saturated rings. The van der Waals surface area contributed by atoms with Gasteiger partial charge in [0.25, 0.3) is 0 Å². The number of nitrogens with zero attached hydrogens (tertiary/aromatic N) is 3. The molecule has 33 heavy (non-hydrogen) atoms. The van der Waals surface area contributed by atoms with E-state index in [4.69, 9.17) is 11.6 Å². The molecule has 3 amide bonds. The van der Waals surface area contributed by atoms with E-state index in [0.717, 1.165) is 0 Å². The van der Waals surface area contributed by atoms with Gasteiger partial charge in [0.05, 0.1) is 18.1 Å². The molecule has 1 saturated heterocycles. The molecule has 0 aromatic heterocycles. The molecule has 3 rings (SSSR count). The van der Waals surface area contributed by atoms with Crippen LogP contribution in [0.15, 0.2) is 54.6 Å². The van der Waals surface area contributed by atoms with Crippen LogP contribution in [0.4, 0.5) is 0 Å². The highest BCUT2D eigenvalue weighted by atomic mass is 35.5. The van der Waals surface area contributed by atoms with Crippen molar-refractivity contribution in [2.24, 2.45) is 0 Å². The summed E-state index contributed by atoms with van der Waals surface area (Å²) in [5, 5.41) is 10.9. The number of halogens is 1. The van der Waals surface area contributed by atoms with E-state index in [1.54, 1.807) is 43.4 Å². The van der Waals surface area contributed by atoms with Crippen LogP contribution in [0.2, 0.25) is 5.02 Å². The average Bonchev–Trinajstić information content (AvgIpc) is 3.02. The van der Waals surface area contributed by atoms with Gasteiger partial charge < -0.3 is 14.9 Å². The maximum atomic E-state index is 13.6. The van der Waals surface area contributed by atoms with Crippen LogP contribution in [-0.2, 0) is 19.8 Å². The van der Waals surface area contributed by atoms with Gasteiger partial charge in [-0.1, -0.05) is 60.1 Å². The first-order valence-electron chi connectivity index (χ1n) is 10.9. The molecule has 2 aromatic rings. The number of amides is 3. The second kappa shape index (κ2) is 10.5. The molecule has 7 nitrogen and oxygen atoms in total. The van der Waals surface area contributed by atoms with Crippen molar-refractivity contribution < 1.29 is 19.5 Å². The second-order valence-corrected chi connectivity index (χ2v) is 9.18. The Morgan fingerprint density at radius 2 is 1.73 bits per heavy atom. The molecule has 1 heterocycles. The zero-order chi connectivity index (χ0) is 24.2. The van der Waals surface area contributed by atoms with Crippen LogP contribution < -0.4 is 0 Å². The van der Waals surface area contributed by atoms with Crippen molar-refractivity contribution in [3.63, 3.8) is 0 Å². The number of carbonyl (C=O) groups excluding carboxylic acids is 3. The third-order valence-corrected chi connectivity index (χ3v) is 6.41. The topological polar surface area (TPSA) is 81.2 Å². The van der Waals surface area contributed by atoms with Gasteiger partial charge in [0.15, 0.2) is 0 Å². The highest BCUT2D eigenvalue weighted by molar-refractivity contribution is 6.32. The molecule has 1 N–H and O–H groups in total. The lowest BCUT2D eigenvalue weighted by Crippen LogP contribution is -2.44. The Balaban J connectivity index is 1.87. The Kier molecular flexibility index (Phi) is 7.89. The first-order valence-corrected chi connectivity index (χ1v) is 11.2. The molecule has 0 aliphatic carbocycles. The van der Waals surface area contributed by atoms with Gasteiger partial charge in [-0.05, 0) is 31.3 Å². The van der Waals surface area contributed by atoms with Crippen molar-refractivity contribution in [2.45, 2.75) is 24.4 Å². The molecular weight excluding hydrogens is 442 g/mol. The van der Waals surface area contributed by atoms with Crippen LogP contribution in [0.25, 0.3) is 0 Å². The van der Waals surface area contributed by atoms with Crippen molar-refractivity contribution in [1.29, 1.82) is 0 Å². The summed E-state index contributed by atoms with van der Waals surface area (Å²) in [5.41, 5.74) is -0.201. The Morgan fingerprint density at radius 1 is 1.09 bits per heavy atom. The third kappa shape index (κ3) is 5.43. The first-order chi connectivity index (χ1) is 15.7. The minimum absolute atomic E-state index is 0.0634. The third-order valence-electron chi connectivity index (χ3n) is 6.08. The standard InChI is InChI=1S/C25H30ClN3O4/c1-27(2)13-14-29-23(32)16-25(24(29)33,19-11-7-8-12-20(19)26)15-22(31)28(3)17-21(30)18-9-5-4-6-10-18/h4-12,21,30H,13-17H2,1-3H3/t21-,25-/m0/s1. The summed E-state index contributed by atoms with van der Waals surface area (Å²) in [4.78, 5) is 44.3. The Hall–Kier alpha value is -2.74. The van der Waals surface area contributed by atoms with E-state index in [0.29, 0.717) is 22.7 Å². The molecule has 2 atom stereocenters. The summed E-state index contributed by atoms with van der Waals surface area (Å²) in [6, 6.07) is 15.9. The smallest absolute Gasteiger partial charge is 0.240 e. The van der Waals surface area contributed by atoms with Crippen LogP contribution in [0.3, 0.4) is 0 Å². The summed E-state index contributed by atoms with van der Waals surface area (Å²) in [6.45, 7) is 0.828. The molecule has 0 bridgehead atoms. The van der Waals surface area contributed by atoms with Gasteiger partial charge in [0.2, 0.25) is 17.7 Å². The average molecular weight is 472 g/mol. The van der Waals surface area contributed by atoms with Crippen molar-refractivity contribution in [1.82, 2.24) is 14.7 Å². The lowest BCUT2D eigenvalue weighted by atomic mass is 9.75. The van der Waals surface area contributed by atoms with Gasteiger partial charge in [-0.3, -0.25) is 19.3 Å². The lowest BCUT2D eigenvalue weighted by molar-refractivity contribution is -0.142. The van der Waals surface area contributed by atoms with Crippen LogP contribution in [0.1, 0.15) is 30.1 Å². The van der Waals surface area contributed by atoms with Crippen molar-refractivity contribution >= 4 is 29.3 Å². The summed E-state index contributed by atoms with van der Waals surface area (Å²) < 4.78 is 0. The number of likely N-dealkylation sites (tertiary alicyclic amines) is 1. The molecule has 0 spiro atoms. The predicted octanol–water partition coefficient (Wildman–Crippen LogP) is 2.48. The number of likely N-dealkylation sites (N-methyl/N-ethyl adjacent to an activating group) is 2. The predicted molar refractivity (Wildman–Crippen MR) is 127 cm³/mol. The Morgan fingerprint density at radius 3 is 2.36 bits per heavy atom. The van der Waals surface area contributed by atoms with Gasteiger partial charge in [-0.25, -0.2) is 0 Å². The zero-order valence-corrected chi connectivity index (χ0v) is 20.0. The SMILES string of the molecule is CN(C)CCN1C(=O)C[C@@](CC(=O)N(C)C[C@H](O)c2ccccc2)(c2ccccc2Cl)C1=O. The van der Waals surface area contributed by atoms with Crippen LogP contribution in [0, 0.1) is 0 Å². The zero-order valence-electron chi connectivity index (χ0n) is 19.2. The summed E-state index contributed by atoms with van der Waals surface area (Å²) in [5.74, 6) is -1.07. The highest BCUT2D eigenvalue weighted by Gasteiger charge is 2.54. The van der Waals surface area contributed by atoms with Crippen LogP contribution >= 0.6 is 11.6 Å². The molecule has 8 heteroatoms. The van der Waals surface area contributed by atoms with Crippen LogP contribution in [-0.4, -0.2) is 78.3 Å². The van der Waals surface area contributed by atoms with Crippen molar-refractivity contribution in [2.75, 3.05) is 40.8 Å². The molecule has 1 aliphatic rings. The number of imide groups is 1. The summed E-state index contributed by atoms with van der Waals surface area (Å²) >= 11 is 6.45. The van der Waals surface area contributed by atoms with E-state index in [-0.39, 0.29) is 37.7 Å². The fraction of sp³-hybridized carbons (Fsp3) is 0.400. The Labute approximate surface area is 199 Å². The van der Waals surface area contributed by atoms with E-state index in [1.165, 1.54) is 9.80 Å². The lowest BCUT2D eigenvalue weighted by Gasteiger charge is -2.30. The van der Waals surface area contributed by atoms with E-state index in [2.05, 4.69) is 0 Å². The highest BCUT2D eigenvalue weighted by Crippen LogP contribution is 2.43. The molecular formula is C25H30ClN3O4. The first kappa shape index (κ1) is 24.9. The summed E-state index contributed by atoms with van der Waals surface area (Å²) in [6.07, 6.45) is -1.20. The molecule has 0 saturated carbocycles. The van der Waals surface area contributed by atoms with Gasteiger partial charge in [0, 0.05) is 38.0 Å². The normalized spacial score (nSPS) is 19.3. The number of rotatable bonds is 9. The quantitative estimate of drug-likeness (QED) is 0.568. The fourth-order valence-electron chi connectivity index (χ4n) is 4.16.